The number of anilines is 1. The summed E-state index contributed by atoms with van der Waals surface area (Å²) in [6, 6.07) is 15.2. The summed E-state index contributed by atoms with van der Waals surface area (Å²) < 4.78 is 6.62. The topological polar surface area (TPSA) is 38.3 Å². The molecule has 0 unspecified atom stereocenters. The Bertz CT molecular complexity index is 585. The van der Waals surface area contributed by atoms with Gasteiger partial charge in [0.25, 0.3) is 5.91 Å². The Morgan fingerprint density at radius 2 is 1.89 bits per heavy atom. The minimum atomic E-state index is -0.443. The molecule has 96 valence electrons. The molecule has 0 aromatic heterocycles. The summed E-state index contributed by atoms with van der Waals surface area (Å²) in [4.78, 5) is 12.1. The number of benzene rings is 2. The van der Waals surface area contributed by atoms with E-state index in [1.54, 1.807) is 0 Å². The molecule has 0 aliphatic carbocycles. The largest absolute Gasteiger partial charge is 0.480 e. The number of hydrogen-bond acceptors (Lipinski definition) is 2. The van der Waals surface area contributed by atoms with E-state index in [4.69, 9.17) is 4.74 Å². The van der Waals surface area contributed by atoms with Crippen LogP contribution in [0.4, 0.5) is 5.69 Å². The molecule has 1 aliphatic rings. The fourth-order valence-electron chi connectivity index (χ4n) is 2.08. The molecule has 19 heavy (non-hydrogen) atoms. The van der Waals surface area contributed by atoms with E-state index in [2.05, 4.69) is 21.2 Å². The lowest BCUT2D eigenvalue weighted by molar-refractivity contribution is -0.122. The fraction of sp³-hybridized carbons (Fsp3) is 0.133. The molecule has 1 heterocycles. The van der Waals surface area contributed by atoms with Crippen LogP contribution in [0.2, 0.25) is 0 Å². The first-order valence-electron chi connectivity index (χ1n) is 6.03. The van der Waals surface area contributed by atoms with Gasteiger partial charge in [-0.05, 0) is 35.9 Å². The van der Waals surface area contributed by atoms with Crippen molar-refractivity contribution in [1.82, 2.24) is 0 Å². The van der Waals surface area contributed by atoms with Crippen LogP contribution in [0.3, 0.4) is 0 Å². The van der Waals surface area contributed by atoms with E-state index in [1.807, 2.05) is 48.5 Å². The Morgan fingerprint density at radius 1 is 1.16 bits per heavy atom. The van der Waals surface area contributed by atoms with E-state index in [-0.39, 0.29) is 5.91 Å². The summed E-state index contributed by atoms with van der Waals surface area (Å²) >= 11 is 3.36. The van der Waals surface area contributed by atoms with Crippen molar-refractivity contribution in [2.24, 2.45) is 0 Å². The van der Waals surface area contributed by atoms with Crippen LogP contribution in [0, 0.1) is 0 Å². The zero-order valence-corrected chi connectivity index (χ0v) is 11.7. The lowest BCUT2D eigenvalue weighted by Crippen LogP contribution is -2.31. The highest BCUT2D eigenvalue weighted by Crippen LogP contribution is 2.28. The maximum atomic E-state index is 12.1. The van der Waals surface area contributed by atoms with E-state index in [0.717, 1.165) is 21.5 Å². The van der Waals surface area contributed by atoms with Crippen LogP contribution in [0.15, 0.2) is 53.0 Å². The Hall–Kier alpha value is -1.81. The molecule has 0 fully saturated rings. The number of fused-ring (bicyclic) bond motifs is 1. The molecule has 0 saturated heterocycles. The molecule has 4 heteroatoms. The number of ether oxygens (including phenoxy) is 1. The quantitative estimate of drug-likeness (QED) is 0.922. The van der Waals surface area contributed by atoms with E-state index in [1.165, 1.54) is 0 Å². The number of rotatable bonds is 2. The first kappa shape index (κ1) is 12.2. The highest BCUT2D eigenvalue weighted by Gasteiger charge is 2.28. The van der Waals surface area contributed by atoms with Gasteiger partial charge in [0.1, 0.15) is 5.75 Å². The summed E-state index contributed by atoms with van der Waals surface area (Å²) in [5, 5.41) is 2.86. The van der Waals surface area contributed by atoms with E-state index in [9.17, 15) is 4.79 Å². The Labute approximate surface area is 119 Å². The lowest BCUT2D eigenvalue weighted by Gasteiger charge is -2.11. The fourth-order valence-corrected chi connectivity index (χ4v) is 2.35. The lowest BCUT2D eigenvalue weighted by atomic mass is 10.1. The zero-order valence-electron chi connectivity index (χ0n) is 10.1. The third-order valence-electron chi connectivity index (χ3n) is 3.05. The van der Waals surface area contributed by atoms with Crippen molar-refractivity contribution in [2.45, 2.75) is 12.5 Å². The highest BCUT2D eigenvalue weighted by molar-refractivity contribution is 9.10. The summed E-state index contributed by atoms with van der Waals surface area (Å²) in [7, 11) is 0. The third-order valence-corrected chi connectivity index (χ3v) is 3.58. The van der Waals surface area contributed by atoms with Gasteiger partial charge in [-0.3, -0.25) is 4.79 Å². The van der Waals surface area contributed by atoms with Crippen LogP contribution in [0.1, 0.15) is 5.56 Å². The predicted octanol–water partition coefficient (Wildman–Crippen LogP) is 3.39. The second-order valence-corrected chi connectivity index (χ2v) is 5.33. The molecule has 3 nitrogen and oxygen atoms in total. The molecule has 0 bridgehead atoms. The molecule has 2 aromatic rings. The molecule has 1 atom stereocenters. The maximum absolute atomic E-state index is 12.1. The number of nitrogens with one attached hydrogen (secondary N) is 1. The summed E-state index contributed by atoms with van der Waals surface area (Å²) in [6.07, 6.45) is 0.180. The van der Waals surface area contributed by atoms with Crippen LogP contribution in [-0.2, 0) is 11.2 Å². The molecule has 3 rings (SSSR count). The van der Waals surface area contributed by atoms with Crippen molar-refractivity contribution in [3.63, 3.8) is 0 Å². The number of para-hydroxylation sites is 1. The van der Waals surface area contributed by atoms with Crippen molar-refractivity contribution in [3.05, 3.63) is 58.6 Å². The zero-order chi connectivity index (χ0) is 13.2. The smallest absolute Gasteiger partial charge is 0.265 e. The van der Waals surface area contributed by atoms with Crippen LogP contribution in [0.5, 0.6) is 5.75 Å². The molecular formula is C15H12BrNO2. The highest BCUT2D eigenvalue weighted by atomic mass is 79.9. The predicted molar refractivity (Wildman–Crippen MR) is 77.3 cm³/mol. The minimum Gasteiger partial charge on any atom is -0.480 e. The van der Waals surface area contributed by atoms with Crippen molar-refractivity contribution < 1.29 is 9.53 Å². The van der Waals surface area contributed by atoms with Gasteiger partial charge >= 0.3 is 0 Å². The maximum Gasteiger partial charge on any atom is 0.265 e. The van der Waals surface area contributed by atoms with Gasteiger partial charge in [-0.2, -0.15) is 0 Å². The van der Waals surface area contributed by atoms with Gasteiger partial charge < -0.3 is 10.1 Å². The molecule has 0 saturated carbocycles. The SMILES string of the molecule is O=C(Nc1ccc(Br)cc1)[C@@H]1Cc2ccccc2O1. The Kier molecular flexibility index (Phi) is 3.25. The van der Waals surface area contributed by atoms with Crippen molar-refractivity contribution in [2.75, 3.05) is 5.32 Å². The van der Waals surface area contributed by atoms with Crippen molar-refractivity contribution >= 4 is 27.5 Å². The number of amides is 1. The number of hydrogen-bond donors (Lipinski definition) is 1. The molecule has 2 aromatic carbocycles. The Morgan fingerprint density at radius 3 is 2.63 bits per heavy atom. The molecule has 0 spiro atoms. The molecule has 0 radical (unpaired) electrons. The normalized spacial score (nSPS) is 16.6. The van der Waals surface area contributed by atoms with Crippen molar-refractivity contribution in [3.8, 4) is 5.75 Å². The summed E-state index contributed by atoms with van der Waals surface area (Å²) in [5.74, 6) is 0.692. The second kappa shape index (κ2) is 5.05. The van der Waals surface area contributed by atoms with Crippen LogP contribution in [0.25, 0.3) is 0 Å². The van der Waals surface area contributed by atoms with Gasteiger partial charge in [-0.1, -0.05) is 34.1 Å². The first-order valence-corrected chi connectivity index (χ1v) is 6.83. The van der Waals surface area contributed by atoms with E-state index >= 15 is 0 Å². The Balaban J connectivity index is 1.68. The summed E-state index contributed by atoms with van der Waals surface area (Å²) in [6.45, 7) is 0. The standard InChI is InChI=1S/C15H12BrNO2/c16-11-5-7-12(8-6-11)17-15(18)14-9-10-3-1-2-4-13(10)19-14/h1-8,14H,9H2,(H,17,18)/t14-/m0/s1. The third kappa shape index (κ3) is 2.63. The van der Waals surface area contributed by atoms with Crippen LogP contribution in [-0.4, -0.2) is 12.0 Å². The molecule has 1 N–H and O–H groups in total. The van der Waals surface area contributed by atoms with Gasteiger partial charge in [0, 0.05) is 16.6 Å². The first-order chi connectivity index (χ1) is 9.22. The number of carbonyl (C=O) groups excluding carboxylic acids is 1. The van der Waals surface area contributed by atoms with Gasteiger partial charge in [-0.15, -0.1) is 0 Å². The van der Waals surface area contributed by atoms with E-state index in [0.29, 0.717) is 6.42 Å². The number of halogens is 1. The van der Waals surface area contributed by atoms with E-state index < -0.39 is 6.10 Å². The molecular weight excluding hydrogens is 306 g/mol. The molecule has 1 aliphatic heterocycles. The van der Waals surface area contributed by atoms with Crippen LogP contribution < -0.4 is 10.1 Å². The van der Waals surface area contributed by atoms with Crippen LogP contribution >= 0.6 is 15.9 Å². The van der Waals surface area contributed by atoms with Gasteiger partial charge in [-0.25, -0.2) is 0 Å². The minimum absolute atomic E-state index is 0.112. The average molecular weight is 318 g/mol. The van der Waals surface area contributed by atoms with Gasteiger partial charge in [0.15, 0.2) is 6.10 Å². The summed E-state index contributed by atoms with van der Waals surface area (Å²) in [5.41, 5.74) is 1.85. The van der Waals surface area contributed by atoms with Gasteiger partial charge in [0.2, 0.25) is 0 Å². The average Bonchev–Trinajstić information content (AvgIpc) is 2.85. The molecule has 1 amide bonds. The van der Waals surface area contributed by atoms with Crippen molar-refractivity contribution in [1.29, 1.82) is 0 Å². The monoisotopic (exact) mass is 317 g/mol. The second-order valence-electron chi connectivity index (χ2n) is 4.41. The number of carbonyl (C=O) groups is 1. The van der Waals surface area contributed by atoms with Gasteiger partial charge in [0.05, 0.1) is 0 Å².